The third kappa shape index (κ3) is 9.01. The molecule has 0 aromatic heterocycles. The van der Waals surface area contributed by atoms with E-state index in [4.69, 9.17) is 21.7 Å². The van der Waals surface area contributed by atoms with E-state index >= 15 is 0 Å². The quantitative estimate of drug-likeness (QED) is 0.129. The Hall–Kier alpha value is -3.75. The minimum atomic E-state index is -1.68. The molecule has 0 aliphatic carbocycles. The van der Waals surface area contributed by atoms with Crippen LogP contribution in [0.15, 0.2) is 0 Å². The highest BCUT2D eigenvalue weighted by Crippen LogP contribution is 2.19. The van der Waals surface area contributed by atoms with Crippen LogP contribution >= 0.6 is 0 Å². The number of nitrogens with two attached hydrogens (primary N) is 2. The van der Waals surface area contributed by atoms with Crippen LogP contribution in [0.2, 0.25) is 0 Å². The first-order chi connectivity index (χ1) is 15.8. The van der Waals surface area contributed by atoms with Crippen molar-refractivity contribution in [3.05, 3.63) is 0 Å². The zero-order chi connectivity index (χ0) is 26.0. The van der Waals surface area contributed by atoms with Crippen LogP contribution in [0.4, 0.5) is 0 Å². The molecule has 0 spiro atoms. The number of carbonyl (C=O) groups excluding carboxylic acids is 4. The molecular formula is C19H29N5O10. The molecule has 4 unspecified atom stereocenters. The van der Waals surface area contributed by atoms with Gasteiger partial charge in [-0.25, -0.2) is 4.79 Å². The van der Waals surface area contributed by atoms with Crippen molar-refractivity contribution in [1.82, 2.24) is 15.5 Å². The van der Waals surface area contributed by atoms with Gasteiger partial charge < -0.3 is 42.3 Å². The van der Waals surface area contributed by atoms with Crippen molar-refractivity contribution >= 4 is 41.5 Å². The Kier molecular flexibility index (Phi) is 10.9. The summed E-state index contributed by atoms with van der Waals surface area (Å²) in [4.78, 5) is 83.4. The molecule has 0 bridgehead atoms. The van der Waals surface area contributed by atoms with E-state index in [2.05, 4.69) is 10.6 Å². The number of likely N-dealkylation sites (tertiary alicyclic amines) is 1. The van der Waals surface area contributed by atoms with E-state index in [1.807, 2.05) is 0 Å². The van der Waals surface area contributed by atoms with E-state index in [-0.39, 0.29) is 32.2 Å². The molecule has 9 N–H and O–H groups in total. The van der Waals surface area contributed by atoms with E-state index in [9.17, 15) is 38.7 Å². The summed E-state index contributed by atoms with van der Waals surface area (Å²) < 4.78 is 0. The van der Waals surface area contributed by atoms with Gasteiger partial charge in [-0.1, -0.05) is 0 Å². The minimum Gasteiger partial charge on any atom is -0.481 e. The van der Waals surface area contributed by atoms with Gasteiger partial charge in [0.25, 0.3) is 0 Å². The Morgan fingerprint density at radius 1 is 0.882 bits per heavy atom. The van der Waals surface area contributed by atoms with Crippen molar-refractivity contribution in [2.75, 3.05) is 6.54 Å². The monoisotopic (exact) mass is 487 g/mol. The van der Waals surface area contributed by atoms with E-state index in [1.54, 1.807) is 0 Å². The zero-order valence-electron chi connectivity index (χ0n) is 18.3. The van der Waals surface area contributed by atoms with Gasteiger partial charge in [-0.2, -0.15) is 0 Å². The van der Waals surface area contributed by atoms with Gasteiger partial charge in [0, 0.05) is 19.4 Å². The lowest BCUT2D eigenvalue weighted by atomic mass is 10.1. The van der Waals surface area contributed by atoms with Gasteiger partial charge >= 0.3 is 17.9 Å². The first kappa shape index (κ1) is 28.3. The second-order valence-electron chi connectivity index (χ2n) is 7.79. The Balaban J connectivity index is 3.00. The van der Waals surface area contributed by atoms with Crippen molar-refractivity contribution in [3.8, 4) is 0 Å². The van der Waals surface area contributed by atoms with Crippen molar-refractivity contribution in [2.45, 2.75) is 69.1 Å². The number of carboxylic acids is 3. The maximum atomic E-state index is 12.9. The number of rotatable bonds is 14. The summed E-state index contributed by atoms with van der Waals surface area (Å²) in [5.74, 6) is -7.56. The Labute approximate surface area is 193 Å². The molecule has 1 saturated heterocycles. The van der Waals surface area contributed by atoms with Gasteiger partial charge in [0.2, 0.25) is 23.6 Å². The minimum absolute atomic E-state index is 0.104. The van der Waals surface area contributed by atoms with Crippen LogP contribution in [0.5, 0.6) is 0 Å². The van der Waals surface area contributed by atoms with Gasteiger partial charge in [-0.3, -0.25) is 28.8 Å². The fourth-order valence-corrected chi connectivity index (χ4v) is 3.38. The smallest absolute Gasteiger partial charge is 0.326 e. The molecule has 0 radical (unpaired) electrons. The first-order valence-electron chi connectivity index (χ1n) is 10.4. The molecule has 0 aromatic carbocycles. The fourth-order valence-electron chi connectivity index (χ4n) is 3.38. The van der Waals surface area contributed by atoms with Crippen LogP contribution in [0.1, 0.15) is 44.9 Å². The number of hydrogen-bond donors (Lipinski definition) is 7. The average molecular weight is 487 g/mol. The average Bonchev–Trinajstić information content (AvgIpc) is 3.23. The highest BCUT2D eigenvalue weighted by atomic mass is 16.4. The summed E-state index contributed by atoms with van der Waals surface area (Å²) in [6.45, 7) is 0.104. The highest BCUT2D eigenvalue weighted by Gasteiger charge is 2.38. The molecule has 1 fully saturated rings. The maximum Gasteiger partial charge on any atom is 0.326 e. The van der Waals surface area contributed by atoms with Crippen LogP contribution in [0.3, 0.4) is 0 Å². The number of aliphatic carboxylic acids is 3. The molecule has 15 nitrogen and oxygen atoms in total. The largest absolute Gasteiger partial charge is 0.481 e. The molecule has 4 amide bonds. The van der Waals surface area contributed by atoms with Crippen LogP contribution < -0.4 is 22.1 Å². The van der Waals surface area contributed by atoms with E-state index in [1.165, 1.54) is 0 Å². The van der Waals surface area contributed by atoms with Gasteiger partial charge in [-0.05, 0) is 25.7 Å². The van der Waals surface area contributed by atoms with Gasteiger partial charge in [0.1, 0.15) is 18.1 Å². The van der Waals surface area contributed by atoms with Crippen LogP contribution in [0, 0.1) is 0 Å². The first-order valence-corrected chi connectivity index (χ1v) is 10.4. The van der Waals surface area contributed by atoms with Crippen molar-refractivity contribution in [1.29, 1.82) is 0 Å². The lowest BCUT2D eigenvalue weighted by molar-refractivity contribution is -0.150. The maximum absolute atomic E-state index is 12.9. The topological polar surface area (TPSA) is 260 Å². The number of nitrogens with one attached hydrogen (secondary N) is 2. The molecular weight excluding hydrogens is 458 g/mol. The third-order valence-corrected chi connectivity index (χ3v) is 5.13. The van der Waals surface area contributed by atoms with Crippen LogP contribution in [-0.4, -0.2) is 92.5 Å². The second kappa shape index (κ2) is 13.1. The number of primary amides is 1. The summed E-state index contributed by atoms with van der Waals surface area (Å²) in [6, 6.07) is -5.55. The lowest BCUT2D eigenvalue weighted by Gasteiger charge is -2.28. The van der Waals surface area contributed by atoms with Gasteiger partial charge in [0.05, 0.1) is 12.5 Å². The van der Waals surface area contributed by atoms with Crippen LogP contribution in [-0.2, 0) is 33.6 Å². The molecule has 1 heterocycles. The molecule has 4 atom stereocenters. The number of amides is 4. The number of hydrogen-bond acceptors (Lipinski definition) is 8. The lowest BCUT2D eigenvalue weighted by Crippen LogP contribution is -2.57. The number of carbonyl (C=O) groups is 7. The van der Waals surface area contributed by atoms with Crippen molar-refractivity contribution in [2.24, 2.45) is 11.5 Å². The molecule has 15 heteroatoms. The fraction of sp³-hybridized carbons (Fsp3) is 0.632. The SMILES string of the molecule is NC(=O)CCC(NC(=O)C(CC(=O)O)NC(=O)C(N)CCC(=O)O)C(=O)N1CCCC1C(=O)O. The number of nitrogens with zero attached hydrogens (tertiary/aromatic N) is 1. The third-order valence-electron chi connectivity index (χ3n) is 5.13. The predicted octanol–water partition coefficient (Wildman–Crippen LogP) is -3.04. The second-order valence-corrected chi connectivity index (χ2v) is 7.79. The zero-order valence-corrected chi connectivity index (χ0v) is 18.3. The summed E-state index contributed by atoms with van der Waals surface area (Å²) in [6.07, 6.45) is -1.61. The van der Waals surface area contributed by atoms with Crippen molar-refractivity contribution < 1.29 is 48.9 Å². The normalized spacial score (nSPS) is 17.8. The summed E-state index contributed by atoms with van der Waals surface area (Å²) in [7, 11) is 0. The molecule has 0 aromatic rings. The summed E-state index contributed by atoms with van der Waals surface area (Å²) in [5.41, 5.74) is 10.7. The molecule has 0 saturated carbocycles. The molecule has 1 aliphatic rings. The van der Waals surface area contributed by atoms with Gasteiger partial charge in [0.15, 0.2) is 0 Å². The van der Waals surface area contributed by atoms with Crippen molar-refractivity contribution in [3.63, 3.8) is 0 Å². The highest BCUT2D eigenvalue weighted by molar-refractivity contribution is 5.96. The number of carboxylic acid groups (broad SMARTS) is 3. The predicted molar refractivity (Wildman–Crippen MR) is 112 cm³/mol. The standard InChI is InChI=1S/C19H29N5O10/c20-9(3-6-14(26)27)16(30)23-11(8-15(28)29)17(31)22-10(4-5-13(21)25)18(32)24-7-1-2-12(24)19(33)34/h9-12H,1-8,20H2,(H2,21,25)(H,22,31)(H,23,30)(H,26,27)(H,28,29)(H,33,34). The summed E-state index contributed by atoms with van der Waals surface area (Å²) in [5, 5.41) is 31.5. The molecule has 190 valence electrons. The molecule has 1 aliphatic heterocycles. The molecule has 34 heavy (non-hydrogen) atoms. The molecule has 1 rings (SSSR count). The van der Waals surface area contributed by atoms with E-state index in [0.29, 0.717) is 6.42 Å². The summed E-state index contributed by atoms with van der Waals surface area (Å²) >= 11 is 0. The Bertz CT molecular complexity index is 832. The van der Waals surface area contributed by atoms with E-state index < -0.39 is 78.5 Å². The Morgan fingerprint density at radius 2 is 1.50 bits per heavy atom. The van der Waals surface area contributed by atoms with E-state index in [0.717, 1.165) is 4.90 Å². The van der Waals surface area contributed by atoms with Gasteiger partial charge in [-0.15, -0.1) is 0 Å². The Morgan fingerprint density at radius 3 is 2.03 bits per heavy atom. The van der Waals surface area contributed by atoms with Crippen LogP contribution in [0.25, 0.3) is 0 Å².